The summed E-state index contributed by atoms with van der Waals surface area (Å²) in [6.45, 7) is 0. The number of nitro groups is 1. The van der Waals surface area contributed by atoms with Crippen LogP contribution in [0, 0.1) is 10.1 Å². The largest absolute Gasteiger partial charge is 0.534 e. The molecule has 0 atom stereocenters. The zero-order valence-corrected chi connectivity index (χ0v) is 15.2. The molecule has 1 aliphatic rings. The number of aromatic nitrogens is 1. The Morgan fingerprint density at radius 1 is 0.897 bits per heavy atom. The molecule has 18 heteroatoms. The van der Waals surface area contributed by atoms with Crippen LogP contribution in [0.15, 0.2) is 0 Å². The number of fused-ring (bicyclic) bond motifs is 1. The minimum absolute atomic E-state index is 0.168. The third-order valence-electron chi connectivity index (χ3n) is 3.50. The number of nitrogens with zero attached hydrogens (tertiary/aromatic N) is 2. The molecule has 0 saturated heterocycles. The topological polar surface area (TPSA) is 143 Å². The lowest BCUT2D eigenvalue weighted by Gasteiger charge is -2.20. The highest BCUT2D eigenvalue weighted by Crippen LogP contribution is 2.45. The molecule has 2 rings (SSSR count). The number of halogens is 6. The monoisotopic (exact) mass is 474 g/mol. The average molecular weight is 474 g/mol. The summed E-state index contributed by atoms with van der Waals surface area (Å²) in [5.74, 6) is -3.48. The van der Waals surface area contributed by atoms with E-state index in [0.29, 0.717) is 0 Å². The van der Waals surface area contributed by atoms with Crippen LogP contribution in [-0.4, -0.2) is 37.8 Å². The van der Waals surface area contributed by atoms with E-state index in [-0.39, 0.29) is 25.7 Å². The molecule has 0 unspecified atom stereocenters. The van der Waals surface area contributed by atoms with Gasteiger partial charge >= 0.3 is 42.8 Å². The van der Waals surface area contributed by atoms with E-state index in [9.17, 15) is 53.3 Å². The lowest BCUT2D eigenvalue weighted by Crippen LogP contribution is -2.30. The van der Waals surface area contributed by atoms with E-state index in [0.717, 1.165) is 0 Å². The Morgan fingerprint density at radius 2 is 1.38 bits per heavy atom. The Hall–Kier alpha value is -2.37. The summed E-state index contributed by atoms with van der Waals surface area (Å²) in [7, 11) is -13.0. The fraction of sp³-hybridized carbons (Fsp3) is 0.545. The molecule has 29 heavy (non-hydrogen) atoms. The summed E-state index contributed by atoms with van der Waals surface area (Å²) in [5, 5.41) is 11.3. The third-order valence-corrected chi connectivity index (χ3v) is 5.40. The maximum Gasteiger partial charge on any atom is 0.534 e. The number of rotatable bonds is 5. The summed E-state index contributed by atoms with van der Waals surface area (Å²) in [6.07, 6.45) is 0.0421. The van der Waals surface area contributed by atoms with Crippen LogP contribution < -0.4 is 8.37 Å². The SMILES string of the molecule is O=[N+]([O-])c1c(OS(=O)(=O)C(F)(F)F)nc2c(c1OS(=O)(=O)C(F)(F)F)CCCC2. The second kappa shape index (κ2) is 7.15. The van der Waals surface area contributed by atoms with Gasteiger partial charge in [-0.15, -0.1) is 0 Å². The van der Waals surface area contributed by atoms with Gasteiger partial charge < -0.3 is 8.37 Å². The predicted molar refractivity (Wildman–Crippen MR) is 78.7 cm³/mol. The van der Waals surface area contributed by atoms with Crippen molar-refractivity contribution in [2.75, 3.05) is 0 Å². The van der Waals surface area contributed by atoms with Gasteiger partial charge in [-0.2, -0.15) is 43.2 Å². The van der Waals surface area contributed by atoms with Crippen LogP contribution in [0.25, 0.3) is 0 Å². The van der Waals surface area contributed by atoms with Gasteiger partial charge in [0.15, 0.2) is 0 Å². The molecule has 0 radical (unpaired) electrons. The lowest BCUT2D eigenvalue weighted by molar-refractivity contribution is -0.386. The highest BCUT2D eigenvalue weighted by Gasteiger charge is 2.52. The maximum atomic E-state index is 12.6. The molecule has 0 fully saturated rings. The first-order valence-electron chi connectivity index (χ1n) is 7.19. The first-order valence-corrected chi connectivity index (χ1v) is 10.0. The summed E-state index contributed by atoms with van der Waals surface area (Å²) in [4.78, 5) is 12.9. The van der Waals surface area contributed by atoms with Crippen molar-refractivity contribution in [2.45, 2.75) is 36.7 Å². The van der Waals surface area contributed by atoms with Gasteiger partial charge in [0, 0.05) is 5.56 Å². The Kier molecular flexibility index (Phi) is 5.65. The fourth-order valence-corrected chi connectivity index (χ4v) is 3.20. The molecule has 0 aliphatic heterocycles. The van der Waals surface area contributed by atoms with Gasteiger partial charge in [-0.1, -0.05) is 0 Å². The highest BCUT2D eigenvalue weighted by molar-refractivity contribution is 7.88. The molecule has 1 aromatic rings. The summed E-state index contributed by atoms with van der Waals surface area (Å²) in [5.41, 5.74) is -14.9. The van der Waals surface area contributed by atoms with E-state index in [4.69, 9.17) is 0 Å². The molecular formula is C11H8F6N2O8S2. The number of hydrogen-bond donors (Lipinski definition) is 0. The zero-order chi connectivity index (χ0) is 22.4. The van der Waals surface area contributed by atoms with Gasteiger partial charge in [0.25, 0.3) is 0 Å². The van der Waals surface area contributed by atoms with Crippen LogP contribution in [0.2, 0.25) is 0 Å². The summed E-state index contributed by atoms with van der Waals surface area (Å²) < 4.78 is 128. The van der Waals surface area contributed by atoms with Crippen molar-refractivity contribution in [3.05, 3.63) is 21.4 Å². The van der Waals surface area contributed by atoms with E-state index in [1.54, 1.807) is 0 Å². The van der Waals surface area contributed by atoms with E-state index in [2.05, 4.69) is 13.4 Å². The van der Waals surface area contributed by atoms with Crippen LogP contribution in [0.5, 0.6) is 11.6 Å². The second-order valence-electron chi connectivity index (χ2n) is 5.45. The average Bonchev–Trinajstić information content (AvgIpc) is 2.51. The van der Waals surface area contributed by atoms with E-state index < -0.39 is 64.8 Å². The predicted octanol–water partition coefficient (Wildman–Crippen LogP) is 2.33. The van der Waals surface area contributed by atoms with Crippen LogP contribution in [0.4, 0.5) is 32.0 Å². The Morgan fingerprint density at radius 3 is 1.86 bits per heavy atom. The molecular weight excluding hydrogens is 466 g/mol. The van der Waals surface area contributed by atoms with Gasteiger partial charge in [0.2, 0.25) is 5.75 Å². The van der Waals surface area contributed by atoms with Crippen LogP contribution >= 0.6 is 0 Å². The normalized spacial score (nSPS) is 15.5. The zero-order valence-electron chi connectivity index (χ0n) is 13.6. The Balaban J connectivity index is 2.79. The number of aryl methyl sites for hydroxylation is 1. The molecule has 0 bridgehead atoms. The van der Waals surface area contributed by atoms with Gasteiger partial charge in [0.1, 0.15) is 0 Å². The third kappa shape index (κ3) is 4.46. The van der Waals surface area contributed by atoms with E-state index >= 15 is 0 Å². The van der Waals surface area contributed by atoms with Gasteiger partial charge in [-0.25, -0.2) is 4.98 Å². The minimum atomic E-state index is -6.52. The van der Waals surface area contributed by atoms with Crippen molar-refractivity contribution < 1.29 is 56.5 Å². The lowest BCUT2D eigenvalue weighted by atomic mass is 9.95. The summed E-state index contributed by atoms with van der Waals surface area (Å²) in [6, 6.07) is 0. The minimum Gasteiger partial charge on any atom is -0.368 e. The van der Waals surface area contributed by atoms with Crippen LogP contribution in [0.1, 0.15) is 24.1 Å². The van der Waals surface area contributed by atoms with Crippen molar-refractivity contribution in [2.24, 2.45) is 0 Å². The number of alkyl halides is 6. The van der Waals surface area contributed by atoms with Crippen LogP contribution in [-0.2, 0) is 33.1 Å². The van der Waals surface area contributed by atoms with Gasteiger partial charge in [-0.05, 0) is 25.7 Å². The van der Waals surface area contributed by atoms with Crippen LogP contribution in [0.3, 0.4) is 0 Å². The first-order chi connectivity index (χ1) is 13.0. The smallest absolute Gasteiger partial charge is 0.368 e. The molecule has 164 valence electrons. The van der Waals surface area contributed by atoms with Crippen molar-refractivity contribution >= 4 is 25.9 Å². The van der Waals surface area contributed by atoms with Gasteiger partial charge in [0.05, 0.1) is 10.6 Å². The molecule has 1 aliphatic carbocycles. The van der Waals surface area contributed by atoms with Crippen molar-refractivity contribution in [1.29, 1.82) is 0 Å². The molecule has 1 heterocycles. The highest BCUT2D eigenvalue weighted by atomic mass is 32.2. The number of hydrogen-bond acceptors (Lipinski definition) is 9. The first kappa shape index (κ1) is 22.9. The molecule has 0 N–H and O–H groups in total. The molecule has 1 aromatic heterocycles. The maximum absolute atomic E-state index is 12.6. The molecule has 0 spiro atoms. The molecule has 10 nitrogen and oxygen atoms in total. The van der Waals surface area contributed by atoms with Crippen molar-refractivity contribution in [3.8, 4) is 11.6 Å². The Labute approximate surface area is 157 Å². The van der Waals surface area contributed by atoms with E-state index in [1.807, 2.05) is 0 Å². The fourth-order valence-electron chi connectivity index (χ4n) is 2.29. The molecule has 0 amide bonds. The van der Waals surface area contributed by atoms with Crippen molar-refractivity contribution in [3.63, 3.8) is 0 Å². The second-order valence-corrected chi connectivity index (χ2v) is 8.53. The van der Waals surface area contributed by atoms with Crippen molar-refractivity contribution in [1.82, 2.24) is 4.98 Å². The molecule has 0 aromatic carbocycles. The standard InChI is InChI=1S/C11H8F6N2O8S2/c12-10(13,14)28(22,23)26-8-5-3-1-2-4-6(5)18-9(7(8)19(20)21)27-29(24,25)11(15,16)17/h1-4H2. The quantitative estimate of drug-likeness (QED) is 0.207. The summed E-state index contributed by atoms with van der Waals surface area (Å²) >= 11 is 0. The number of pyridine rings is 1. The van der Waals surface area contributed by atoms with Gasteiger partial charge in [-0.3, -0.25) is 10.1 Å². The molecule has 0 saturated carbocycles. The Bertz CT molecular complexity index is 1050. The van der Waals surface area contributed by atoms with E-state index in [1.165, 1.54) is 0 Å².